The molecule has 112 valence electrons. The van der Waals surface area contributed by atoms with Crippen LogP contribution in [-0.2, 0) is 0 Å². The number of nitrogens with one attached hydrogen (secondary N) is 1. The topological polar surface area (TPSA) is 75.1 Å². The maximum Gasteiger partial charge on any atom is 0.339 e. The van der Waals surface area contributed by atoms with Gasteiger partial charge in [-0.25, -0.2) is 4.79 Å². The highest BCUT2D eigenvalue weighted by Gasteiger charge is 2.21. The normalized spacial score (nSPS) is 12.1. The molecule has 2 heterocycles. The molecule has 1 unspecified atom stereocenters. The number of aryl methyl sites for hydroxylation is 1. The predicted molar refractivity (Wildman–Crippen MR) is 84.1 cm³/mol. The van der Waals surface area contributed by atoms with Gasteiger partial charge in [0, 0.05) is 4.88 Å². The maximum atomic E-state index is 11.5. The summed E-state index contributed by atoms with van der Waals surface area (Å²) in [6.07, 6.45) is 1.91. The van der Waals surface area contributed by atoms with E-state index >= 15 is 0 Å². The van der Waals surface area contributed by atoms with E-state index in [1.54, 1.807) is 25.2 Å². The van der Waals surface area contributed by atoms with Crippen LogP contribution in [0.1, 0.15) is 52.3 Å². The third kappa shape index (κ3) is 3.39. The molecule has 0 spiro atoms. The SMILES string of the molecule is CCCC(Nc1nnc(C)c(C)c1C(=O)O)c1cccs1. The van der Waals surface area contributed by atoms with E-state index in [9.17, 15) is 9.90 Å². The quantitative estimate of drug-likeness (QED) is 0.849. The van der Waals surface area contributed by atoms with Gasteiger partial charge in [0.05, 0.1) is 11.7 Å². The Kier molecular flexibility index (Phi) is 4.90. The molecular formula is C15H19N3O2S. The standard InChI is InChI=1S/C15H19N3O2S/c1-4-6-11(12-7-5-8-21-12)16-14-13(15(19)20)9(2)10(3)17-18-14/h5,7-8,11H,4,6H2,1-3H3,(H,16,18)(H,19,20). The van der Waals surface area contributed by atoms with Gasteiger partial charge in [-0.15, -0.1) is 16.4 Å². The van der Waals surface area contributed by atoms with Gasteiger partial charge in [0.15, 0.2) is 5.82 Å². The average Bonchev–Trinajstić information content (AvgIpc) is 2.96. The van der Waals surface area contributed by atoms with Crippen LogP contribution in [-0.4, -0.2) is 21.3 Å². The molecule has 21 heavy (non-hydrogen) atoms. The minimum absolute atomic E-state index is 0.0597. The van der Waals surface area contributed by atoms with Crippen LogP contribution in [0.25, 0.3) is 0 Å². The highest BCUT2D eigenvalue weighted by Crippen LogP contribution is 2.29. The number of nitrogens with zero attached hydrogens (tertiary/aromatic N) is 2. The molecule has 2 N–H and O–H groups in total. The van der Waals surface area contributed by atoms with Crippen LogP contribution in [0.5, 0.6) is 0 Å². The van der Waals surface area contributed by atoms with Crippen LogP contribution in [0.15, 0.2) is 17.5 Å². The minimum atomic E-state index is -0.977. The van der Waals surface area contributed by atoms with Crippen molar-refractivity contribution in [2.75, 3.05) is 5.32 Å². The fraction of sp³-hybridized carbons (Fsp3) is 0.400. The van der Waals surface area contributed by atoms with E-state index in [-0.39, 0.29) is 11.6 Å². The molecule has 2 aromatic heterocycles. The van der Waals surface area contributed by atoms with Crippen LogP contribution < -0.4 is 5.32 Å². The molecule has 1 atom stereocenters. The summed E-state index contributed by atoms with van der Waals surface area (Å²) in [7, 11) is 0. The molecule has 0 amide bonds. The zero-order chi connectivity index (χ0) is 15.4. The first kappa shape index (κ1) is 15.4. The van der Waals surface area contributed by atoms with Crippen molar-refractivity contribution in [1.29, 1.82) is 0 Å². The number of hydrogen-bond donors (Lipinski definition) is 2. The fourth-order valence-electron chi connectivity index (χ4n) is 2.20. The van der Waals surface area contributed by atoms with E-state index < -0.39 is 5.97 Å². The van der Waals surface area contributed by atoms with Gasteiger partial charge in [0.1, 0.15) is 5.56 Å². The van der Waals surface area contributed by atoms with Crippen molar-refractivity contribution in [2.45, 2.75) is 39.7 Å². The molecule has 0 saturated heterocycles. The number of rotatable bonds is 6. The molecule has 0 saturated carbocycles. The predicted octanol–water partition coefficient (Wildman–Crippen LogP) is 3.81. The van der Waals surface area contributed by atoms with Crippen LogP contribution in [0, 0.1) is 13.8 Å². The first-order chi connectivity index (χ1) is 10.0. The second-order valence-electron chi connectivity index (χ2n) is 4.94. The maximum absolute atomic E-state index is 11.5. The Balaban J connectivity index is 2.37. The summed E-state index contributed by atoms with van der Waals surface area (Å²) in [5.74, 6) is -0.633. The van der Waals surface area contributed by atoms with Gasteiger partial charge in [-0.2, -0.15) is 5.10 Å². The van der Waals surface area contributed by atoms with Crippen molar-refractivity contribution in [2.24, 2.45) is 0 Å². The lowest BCUT2D eigenvalue weighted by molar-refractivity contribution is 0.0696. The van der Waals surface area contributed by atoms with E-state index in [1.807, 2.05) is 17.5 Å². The molecule has 0 radical (unpaired) electrons. The average molecular weight is 305 g/mol. The summed E-state index contributed by atoms with van der Waals surface area (Å²) in [4.78, 5) is 12.7. The Morgan fingerprint density at radius 3 is 2.76 bits per heavy atom. The van der Waals surface area contributed by atoms with Crippen molar-refractivity contribution in [3.05, 3.63) is 39.2 Å². The largest absolute Gasteiger partial charge is 0.478 e. The Hall–Kier alpha value is -1.95. The van der Waals surface area contributed by atoms with Gasteiger partial charge in [-0.1, -0.05) is 19.4 Å². The number of carboxylic acids is 1. The van der Waals surface area contributed by atoms with Gasteiger partial charge >= 0.3 is 5.97 Å². The second kappa shape index (κ2) is 6.67. The van der Waals surface area contributed by atoms with E-state index in [1.165, 1.54) is 4.88 Å². The molecular weight excluding hydrogens is 286 g/mol. The van der Waals surface area contributed by atoms with E-state index in [4.69, 9.17) is 0 Å². The summed E-state index contributed by atoms with van der Waals surface area (Å²) >= 11 is 1.65. The van der Waals surface area contributed by atoms with Crippen molar-refractivity contribution in [1.82, 2.24) is 10.2 Å². The third-order valence-electron chi connectivity index (χ3n) is 3.44. The number of hydrogen-bond acceptors (Lipinski definition) is 5. The zero-order valence-electron chi connectivity index (χ0n) is 12.4. The van der Waals surface area contributed by atoms with Crippen LogP contribution in [0.4, 0.5) is 5.82 Å². The molecule has 2 rings (SSSR count). The van der Waals surface area contributed by atoms with Gasteiger partial charge in [-0.05, 0) is 37.3 Å². The van der Waals surface area contributed by atoms with Crippen molar-refractivity contribution in [3.63, 3.8) is 0 Å². The van der Waals surface area contributed by atoms with Gasteiger partial charge in [0.2, 0.25) is 0 Å². The Morgan fingerprint density at radius 2 is 2.19 bits per heavy atom. The summed E-state index contributed by atoms with van der Waals surface area (Å²) in [6.45, 7) is 5.63. The number of carbonyl (C=O) groups is 1. The van der Waals surface area contributed by atoms with Crippen molar-refractivity contribution >= 4 is 23.1 Å². The van der Waals surface area contributed by atoms with Crippen molar-refractivity contribution < 1.29 is 9.90 Å². The first-order valence-electron chi connectivity index (χ1n) is 6.91. The monoisotopic (exact) mass is 305 g/mol. The summed E-state index contributed by atoms with van der Waals surface area (Å²) in [6, 6.07) is 4.10. The van der Waals surface area contributed by atoms with Gasteiger partial charge < -0.3 is 10.4 Å². The highest BCUT2D eigenvalue weighted by molar-refractivity contribution is 7.10. The fourth-order valence-corrected chi connectivity index (χ4v) is 3.01. The molecule has 0 aliphatic rings. The Morgan fingerprint density at radius 1 is 1.43 bits per heavy atom. The molecule has 5 nitrogen and oxygen atoms in total. The van der Waals surface area contributed by atoms with Crippen LogP contribution in [0.3, 0.4) is 0 Å². The molecule has 0 fully saturated rings. The first-order valence-corrected chi connectivity index (χ1v) is 7.79. The summed E-state index contributed by atoms with van der Waals surface area (Å²) in [5, 5.41) is 22.8. The lowest BCUT2D eigenvalue weighted by Crippen LogP contribution is -2.16. The molecule has 0 bridgehead atoms. The number of anilines is 1. The number of thiophene rings is 1. The molecule has 0 aliphatic heterocycles. The number of aromatic nitrogens is 2. The Labute approximate surface area is 128 Å². The summed E-state index contributed by atoms with van der Waals surface area (Å²) < 4.78 is 0. The van der Waals surface area contributed by atoms with Crippen LogP contribution >= 0.6 is 11.3 Å². The second-order valence-corrected chi connectivity index (χ2v) is 5.92. The van der Waals surface area contributed by atoms with E-state index in [0.29, 0.717) is 17.1 Å². The molecule has 6 heteroatoms. The molecule has 0 aromatic carbocycles. The Bertz CT molecular complexity index is 626. The summed E-state index contributed by atoms with van der Waals surface area (Å²) in [5.41, 5.74) is 1.50. The van der Waals surface area contributed by atoms with Crippen LogP contribution in [0.2, 0.25) is 0 Å². The zero-order valence-corrected chi connectivity index (χ0v) is 13.2. The smallest absolute Gasteiger partial charge is 0.339 e. The van der Waals surface area contributed by atoms with Gasteiger partial charge in [0.25, 0.3) is 0 Å². The molecule has 0 aliphatic carbocycles. The number of aromatic carboxylic acids is 1. The number of carboxylic acid groups (broad SMARTS) is 1. The van der Waals surface area contributed by atoms with Gasteiger partial charge in [-0.3, -0.25) is 0 Å². The third-order valence-corrected chi connectivity index (χ3v) is 4.43. The van der Waals surface area contributed by atoms with E-state index in [0.717, 1.165) is 12.8 Å². The van der Waals surface area contributed by atoms with Crippen molar-refractivity contribution in [3.8, 4) is 0 Å². The van der Waals surface area contributed by atoms with E-state index in [2.05, 4.69) is 22.4 Å². The lowest BCUT2D eigenvalue weighted by Gasteiger charge is -2.19. The minimum Gasteiger partial charge on any atom is -0.478 e. The molecule has 2 aromatic rings. The lowest BCUT2D eigenvalue weighted by atomic mass is 10.1. The highest BCUT2D eigenvalue weighted by atomic mass is 32.1.